The average molecular weight is 628 g/mol. The van der Waals surface area contributed by atoms with Crippen LogP contribution in [0.15, 0.2) is 78.2 Å². The molecule has 3 unspecified atom stereocenters. The first-order valence-corrected chi connectivity index (χ1v) is 15.4. The quantitative estimate of drug-likeness (QED) is 0.392. The summed E-state index contributed by atoms with van der Waals surface area (Å²) in [6.07, 6.45) is 8.09. The fraction of sp³-hybridized carbons (Fsp3) is 0.389. The van der Waals surface area contributed by atoms with Crippen molar-refractivity contribution in [2.45, 2.75) is 57.9 Å². The summed E-state index contributed by atoms with van der Waals surface area (Å²) >= 11 is 0. The fourth-order valence-electron chi connectivity index (χ4n) is 6.28. The van der Waals surface area contributed by atoms with Crippen LogP contribution in [0, 0.1) is 5.92 Å². The van der Waals surface area contributed by atoms with Gasteiger partial charge in [-0.1, -0.05) is 43.3 Å². The van der Waals surface area contributed by atoms with Crippen LogP contribution in [0.2, 0.25) is 0 Å². The number of hydrogen-bond acceptors (Lipinski definition) is 7. The Morgan fingerprint density at radius 2 is 1.87 bits per heavy atom. The highest BCUT2D eigenvalue weighted by molar-refractivity contribution is 6.02. The highest BCUT2D eigenvalue weighted by Crippen LogP contribution is 2.46. The second-order valence-corrected chi connectivity index (χ2v) is 12.8. The average Bonchev–Trinajstić information content (AvgIpc) is 3.25. The Hall–Kier alpha value is -4.70. The van der Waals surface area contributed by atoms with Gasteiger partial charge in [0, 0.05) is 54.6 Å². The van der Waals surface area contributed by atoms with E-state index in [0.717, 1.165) is 16.7 Å². The molecule has 10 heteroatoms. The number of methoxy groups -OCH3 is 2. The lowest BCUT2D eigenvalue weighted by atomic mass is 9.83. The van der Waals surface area contributed by atoms with Crippen LogP contribution in [-0.4, -0.2) is 73.0 Å². The number of ether oxygens (including phenoxy) is 3. The molecule has 0 saturated carbocycles. The maximum atomic E-state index is 14.1. The maximum Gasteiger partial charge on any atom is 0.414 e. The van der Waals surface area contributed by atoms with Gasteiger partial charge in [-0.25, -0.2) is 4.79 Å². The number of amides is 3. The van der Waals surface area contributed by atoms with Crippen molar-refractivity contribution >= 4 is 24.2 Å². The zero-order valence-electron chi connectivity index (χ0n) is 27.2. The first kappa shape index (κ1) is 32.7. The summed E-state index contributed by atoms with van der Waals surface area (Å²) in [5, 5.41) is 2.90. The lowest BCUT2D eigenvalue weighted by molar-refractivity contribution is 0.0277. The first-order chi connectivity index (χ1) is 21.9. The zero-order valence-corrected chi connectivity index (χ0v) is 27.2. The summed E-state index contributed by atoms with van der Waals surface area (Å²) in [6.45, 7) is 8.31. The van der Waals surface area contributed by atoms with Gasteiger partial charge in [-0.2, -0.15) is 0 Å². The van der Waals surface area contributed by atoms with E-state index in [1.807, 2.05) is 50.0 Å². The van der Waals surface area contributed by atoms with Crippen molar-refractivity contribution in [2.24, 2.45) is 5.92 Å². The van der Waals surface area contributed by atoms with Crippen LogP contribution in [0.4, 0.5) is 4.79 Å². The van der Waals surface area contributed by atoms with Crippen molar-refractivity contribution in [3.05, 3.63) is 106 Å². The smallest absolute Gasteiger partial charge is 0.414 e. The Morgan fingerprint density at radius 1 is 1.11 bits per heavy atom. The van der Waals surface area contributed by atoms with Gasteiger partial charge < -0.3 is 24.4 Å². The maximum absolute atomic E-state index is 14.1. The van der Waals surface area contributed by atoms with Crippen LogP contribution in [0.5, 0.6) is 0 Å². The van der Waals surface area contributed by atoms with Crippen LogP contribution in [-0.2, 0) is 26.3 Å². The van der Waals surface area contributed by atoms with E-state index in [0.29, 0.717) is 41.7 Å². The fourth-order valence-corrected chi connectivity index (χ4v) is 6.28. The summed E-state index contributed by atoms with van der Waals surface area (Å²) in [6, 6.07) is 12.2. The minimum atomic E-state index is -0.865. The molecule has 1 spiro atoms. The van der Waals surface area contributed by atoms with Crippen LogP contribution in [0.25, 0.3) is 0 Å². The van der Waals surface area contributed by atoms with E-state index in [1.165, 1.54) is 4.90 Å². The molecule has 1 aliphatic carbocycles. The molecule has 0 saturated heterocycles. The molecule has 242 valence electrons. The number of carbonyl (C=O) groups excluding carboxylic acids is 4. The molecule has 3 amide bonds. The second kappa shape index (κ2) is 13.0. The molecule has 3 atom stereocenters. The Balaban J connectivity index is 1.49. The van der Waals surface area contributed by atoms with Gasteiger partial charge in [0.1, 0.15) is 11.4 Å². The monoisotopic (exact) mass is 627 g/mol. The molecule has 0 bridgehead atoms. The summed E-state index contributed by atoms with van der Waals surface area (Å²) in [4.78, 5) is 54.9. The number of nitrogens with one attached hydrogen (secondary N) is 1. The molecular formula is C36H41N3O7. The second-order valence-electron chi connectivity index (χ2n) is 12.8. The van der Waals surface area contributed by atoms with Gasteiger partial charge in [0.2, 0.25) is 0 Å². The van der Waals surface area contributed by atoms with Gasteiger partial charge in [-0.15, -0.1) is 0 Å². The number of fused-ring (bicyclic) bond motifs is 2. The van der Waals surface area contributed by atoms with Gasteiger partial charge in [0.25, 0.3) is 11.8 Å². The van der Waals surface area contributed by atoms with Crippen molar-refractivity contribution in [3.63, 3.8) is 0 Å². The third-order valence-electron chi connectivity index (χ3n) is 8.62. The van der Waals surface area contributed by atoms with Crippen LogP contribution in [0.1, 0.15) is 76.3 Å². The van der Waals surface area contributed by atoms with Crippen LogP contribution < -0.4 is 5.32 Å². The molecule has 2 aromatic rings. The largest absolute Gasteiger partial charge is 0.497 e. The Labute approximate surface area is 269 Å². The number of carbonyl (C=O) groups is 4. The Morgan fingerprint density at radius 3 is 2.52 bits per heavy atom. The molecule has 5 rings (SSSR count). The van der Waals surface area contributed by atoms with E-state index in [1.54, 1.807) is 50.8 Å². The van der Waals surface area contributed by atoms with E-state index in [4.69, 9.17) is 14.2 Å². The molecule has 2 aromatic carbocycles. The molecule has 2 heterocycles. The van der Waals surface area contributed by atoms with Crippen LogP contribution in [0.3, 0.4) is 0 Å². The van der Waals surface area contributed by atoms with Gasteiger partial charge in [-0.3, -0.25) is 19.3 Å². The predicted molar refractivity (Wildman–Crippen MR) is 172 cm³/mol. The van der Waals surface area contributed by atoms with E-state index in [9.17, 15) is 19.2 Å². The molecule has 10 nitrogen and oxygen atoms in total. The first-order valence-electron chi connectivity index (χ1n) is 15.4. The third-order valence-corrected chi connectivity index (χ3v) is 8.62. The van der Waals surface area contributed by atoms with E-state index in [2.05, 4.69) is 18.3 Å². The van der Waals surface area contributed by atoms with Gasteiger partial charge in [-0.05, 0) is 62.6 Å². The molecule has 46 heavy (non-hydrogen) atoms. The summed E-state index contributed by atoms with van der Waals surface area (Å²) < 4.78 is 16.9. The lowest BCUT2D eigenvalue weighted by Crippen LogP contribution is -2.49. The summed E-state index contributed by atoms with van der Waals surface area (Å²) in [5.41, 5.74) is 2.09. The minimum absolute atomic E-state index is 0.0686. The van der Waals surface area contributed by atoms with E-state index in [-0.39, 0.29) is 36.9 Å². The zero-order chi connectivity index (χ0) is 33.2. The van der Waals surface area contributed by atoms with Crippen molar-refractivity contribution in [1.29, 1.82) is 0 Å². The van der Waals surface area contributed by atoms with Crippen molar-refractivity contribution in [1.82, 2.24) is 15.1 Å². The molecule has 0 radical (unpaired) electrons. The van der Waals surface area contributed by atoms with Gasteiger partial charge >= 0.3 is 6.09 Å². The van der Waals surface area contributed by atoms with Crippen LogP contribution >= 0.6 is 0 Å². The Kier molecular flexibility index (Phi) is 9.21. The molecule has 0 aromatic heterocycles. The SMILES string of the molecule is COC1=CC(OC)C(C)C=C1CN1C(=O)c2ccc(CNC(=O)c3ccccc3C=O)cc2C12C=CN(C(=O)OC(C)(C)C)CC2. The van der Waals surface area contributed by atoms with E-state index < -0.39 is 17.2 Å². The normalized spacial score (nSPS) is 22.3. The lowest BCUT2D eigenvalue weighted by Gasteiger charge is -2.42. The molecule has 0 fully saturated rings. The summed E-state index contributed by atoms with van der Waals surface area (Å²) in [7, 11) is 3.26. The number of benzene rings is 2. The van der Waals surface area contributed by atoms with Crippen molar-refractivity contribution in [2.75, 3.05) is 27.3 Å². The highest BCUT2D eigenvalue weighted by atomic mass is 16.6. The van der Waals surface area contributed by atoms with Gasteiger partial charge in [0.15, 0.2) is 6.29 Å². The Bertz CT molecular complexity index is 1640. The predicted octanol–water partition coefficient (Wildman–Crippen LogP) is 5.36. The molecule has 1 N–H and O–H groups in total. The number of rotatable bonds is 8. The van der Waals surface area contributed by atoms with E-state index >= 15 is 0 Å². The van der Waals surface area contributed by atoms with Crippen molar-refractivity contribution in [3.8, 4) is 0 Å². The number of hydrogen-bond donors (Lipinski definition) is 1. The molecule has 3 aliphatic rings. The molecule has 2 aliphatic heterocycles. The molecular weight excluding hydrogens is 586 g/mol. The topological polar surface area (TPSA) is 114 Å². The summed E-state index contributed by atoms with van der Waals surface area (Å²) in [5.74, 6) is 0.212. The standard InChI is InChI=1S/C36H41N3O7/c1-23-17-26(31(45-6)19-30(23)44-5)21-39-33(42)28-12-11-24(20-37-32(41)27-10-8-7-9-25(27)22-40)18-29(28)36(39)13-15-38(16-14-36)34(43)46-35(2,3)4/h7-13,15,17-19,22-23,30H,14,16,20-21H2,1-6H3,(H,37,41). The highest BCUT2D eigenvalue weighted by Gasteiger charge is 2.50. The number of nitrogens with zero attached hydrogens (tertiary/aromatic N) is 2. The third kappa shape index (κ3) is 6.35. The number of aldehydes is 1. The van der Waals surface area contributed by atoms with Crippen molar-refractivity contribution < 1.29 is 33.4 Å². The van der Waals surface area contributed by atoms with Gasteiger partial charge in [0.05, 0.1) is 25.3 Å². The minimum Gasteiger partial charge on any atom is -0.497 e.